The molecule has 13 heavy (non-hydrogen) atoms. The number of allylic oxidation sites excluding steroid dienone is 2. The molecule has 0 aromatic heterocycles. The van der Waals surface area contributed by atoms with Crippen LogP contribution in [0.15, 0.2) is 36.0 Å². The van der Waals surface area contributed by atoms with Crippen molar-refractivity contribution in [2.45, 2.75) is 13.8 Å². The number of benzene rings is 1. The molecule has 0 bridgehead atoms. The van der Waals surface area contributed by atoms with E-state index in [0.717, 1.165) is 5.69 Å². The zero-order valence-corrected chi connectivity index (χ0v) is 7.83. The van der Waals surface area contributed by atoms with E-state index in [1.54, 1.807) is 6.08 Å². The molecule has 0 saturated carbocycles. The van der Waals surface area contributed by atoms with Gasteiger partial charge in [0, 0.05) is 5.69 Å². The van der Waals surface area contributed by atoms with Gasteiger partial charge in [-0.3, -0.25) is 0 Å². The van der Waals surface area contributed by atoms with E-state index < -0.39 is 0 Å². The third kappa shape index (κ3) is 2.64. The fraction of sp³-hybridized carbons (Fsp3) is 0.182. The van der Waals surface area contributed by atoms with Crippen LogP contribution >= 0.6 is 0 Å². The van der Waals surface area contributed by atoms with E-state index in [4.69, 9.17) is 5.26 Å². The van der Waals surface area contributed by atoms with Crippen LogP contribution < -0.4 is 5.32 Å². The van der Waals surface area contributed by atoms with Gasteiger partial charge in [0.1, 0.15) is 11.8 Å². The smallest absolute Gasteiger partial charge is 0.117 e. The highest BCUT2D eigenvalue weighted by Crippen LogP contribution is 2.10. The largest absolute Gasteiger partial charge is 0.347 e. The zero-order chi connectivity index (χ0) is 9.68. The molecule has 0 atom stereocenters. The lowest BCUT2D eigenvalue weighted by Crippen LogP contribution is -1.95. The summed E-state index contributed by atoms with van der Waals surface area (Å²) in [6, 6.07) is 9.99. The van der Waals surface area contributed by atoms with E-state index in [2.05, 4.69) is 11.4 Å². The van der Waals surface area contributed by atoms with Crippen LogP contribution in [0.25, 0.3) is 0 Å². The van der Waals surface area contributed by atoms with Crippen LogP contribution in [0.3, 0.4) is 0 Å². The summed E-state index contributed by atoms with van der Waals surface area (Å²) < 4.78 is 0. The van der Waals surface area contributed by atoms with Crippen molar-refractivity contribution in [2.24, 2.45) is 0 Å². The third-order valence-electron chi connectivity index (χ3n) is 1.74. The highest BCUT2D eigenvalue weighted by molar-refractivity contribution is 5.52. The molecule has 0 amide bonds. The van der Waals surface area contributed by atoms with Crippen molar-refractivity contribution in [1.82, 2.24) is 0 Å². The van der Waals surface area contributed by atoms with E-state index >= 15 is 0 Å². The summed E-state index contributed by atoms with van der Waals surface area (Å²) in [5.41, 5.74) is 2.73. The highest BCUT2D eigenvalue weighted by atomic mass is 14.9. The molecule has 0 aliphatic carbocycles. The van der Waals surface area contributed by atoms with E-state index in [0.29, 0.717) is 5.70 Å². The Balaban J connectivity index is 2.76. The first-order valence-electron chi connectivity index (χ1n) is 4.16. The van der Waals surface area contributed by atoms with Crippen molar-refractivity contribution in [3.05, 3.63) is 41.6 Å². The first kappa shape index (κ1) is 9.34. The molecule has 1 N–H and O–H groups in total. The van der Waals surface area contributed by atoms with Crippen molar-refractivity contribution in [3.63, 3.8) is 0 Å². The molecule has 0 aliphatic heterocycles. The molecule has 0 radical (unpaired) electrons. The average molecular weight is 172 g/mol. The predicted molar refractivity (Wildman–Crippen MR) is 54.2 cm³/mol. The number of rotatable bonds is 2. The van der Waals surface area contributed by atoms with Crippen molar-refractivity contribution in [2.75, 3.05) is 5.32 Å². The Labute approximate surface area is 78.5 Å². The van der Waals surface area contributed by atoms with Gasteiger partial charge in [-0.25, -0.2) is 0 Å². The Hall–Kier alpha value is -1.75. The molecule has 1 aromatic rings. The molecule has 2 heteroatoms. The SMILES string of the molecule is CC=C(C#N)Nc1ccc(C)cc1. The van der Waals surface area contributed by atoms with Gasteiger partial charge >= 0.3 is 0 Å². The summed E-state index contributed by atoms with van der Waals surface area (Å²) >= 11 is 0. The van der Waals surface area contributed by atoms with Gasteiger partial charge in [-0.15, -0.1) is 0 Å². The van der Waals surface area contributed by atoms with Crippen LogP contribution in [0.4, 0.5) is 5.69 Å². The summed E-state index contributed by atoms with van der Waals surface area (Å²) in [7, 11) is 0. The molecule has 0 unspecified atom stereocenters. The van der Waals surface area contributed by atoms with Gasteiger partial charge in [-0.2, -0.15) is 5.26 Å². The Morgan fingerprint density at radius 3 is 2.46 bits per heavy atom. The maximum absolute atomic E-state index is 8.66. The molecule has 66 valence electrons. The summed E-state index contributed by atoms with van der Waals surface area (Å²) in [6.07, 6.45) is 1.75. The molecule has 0 aliphatic rings. The predicted octanol–water partition coefficient (Wildman–Crippen LogP) is 2.83. The van der Waals surface area contributed by atoms with E-state index in [9.17, 15) is 0 Å². The Kier molecular flexibility index (Phi) is 3.10. The zero-order valence-electron chi connectivity index (χ0n) is 7.83. The van der Waals surface area contributed by atoms with Crippen molar-refractivity contribution >= 4 is 5.69 Å². The molecular formula is C11H12N2. The first-order chi connectivity index (χ1) is 6.26. The van der Waals surface area contributed by atoms with Gasteiger partial charge in [-0.1, -0.05) is 23.8 Å². The first-order valence-corrected chi connectivity index (χ1v) is 4.16. The maximum Gasteiger partial charge on any atom is 0.117 e. The topological polar surface area (TPSA) is 35.8 Å². The second kappa shape index (κ2) is 4.32. The third-order valence-corrected chi connectivity index (χ3v) is 1.74. The number of nitrogens with one attached hydrogen (secondary N) is 1. The van der Waals surface area contributed by atoms with Crippen molar-refractivity contribution in [3.8, 4) is 6.07 Å². The number of hydrogen-bond acceptors (Lipinski definition) is 2. The Morgan fingerprint density at radius 2 is 2.00 bits per heavy atom. The molecule has 2 nitrogen and oxygen atoms in total. The average Bonchev–Trinajstić information content (AvgIpc) is 2.17. The van der Waals surface area contributed by atoms with Gasteiger partial charge in [0.15, 0.2) is 0 Å². The minimum absolute atomic E-state index is 0.573. The number of nitriles is 1. The van der Waals surface area contributed by atoms with Crippen LogP contribution in [0.5, 0.6) is 0 Å². The number of aryl methyl sites for hydroxylation is 1. The summed E-state index contributed by atoms with van der Waals surface area (Å²) in [5, 5.41) is 11.7. The second-order valence-electron chi connectivity index (χ2n) is 2.81. The van der Waals surface area contributed by atoms with Gasteiger partial charge in [0.05, 0.1) is 0 Å². The monoisotopic (exact) mass is 172 g/mol. The molecule has 0 saturated heterocycles. The Morgan fingerprint density at radius 1 is 1.38 bits per heavy atom. The molecule has 1 rings (SSSR count). The molecule has 1 aromatic carbocycles. The standard InChI is InChI=1S/C11H12N2/c1-3-10(8-12)13-11-6-4-9(2)5-7-11/h3-7,13H,1-2H3. The quantitative estimate of drug-likeness (QED) is 0.696. The van der Waals surface area contributed by atoms with Gasteiger partial charge in [0.25, 0.3) is 0 Å². The van der Waals surface area contributed by atoms with Crippen LogP contribution in [0.1, 0.15) is 12.5 Å². The van der Waals surface area contributed by atoms with Gasteiger partial charge in [0.2, 0.25) is 0 Å². The number of nitrogens with zero attached hydrogens (tertiary/aromatic N) is 1. The highest BCUT2D eigenvalue weighted by Gasteiger charge is 1.93. The minimum atomic E-state index is 0.573. The maximum atomic E-state index is 8.66. The molecule has 0 fully saturated rings. The normalized spacial score (nSPS) is 10.7. The second-order valence-corrected chi connectivity index (χ2v) is 2.81. The summed E-state index contributed by atoms with van der Waals surface area (Å²) in [4.78, 5) is 0. The summed E-state index contributed by atoms with van der Waals surface area (Å²) in [5.74, 6) is 0. The van der Waals surface area contributed by atoms with Crippen molar-refractivity contribution < 1.29 is 0 Å². The lowest BCUT2D eigenvalue weighted by atomic mass is 10.2. The van der Waals surface area contributed by atoms with Gasteiger partial charge in [-0.05, 0) is 26.0 Å². The van der Waals surface area contributed by atoms with Gasteiger partial charge < -0.3 is 5.32 Å². The van der Waals surface area contributed by atoms with Crippen molar-refractivity contribution in [1.29, 1.82) is 5.26 Å². The molecular weight excluding hydrogens is 160 g/mol. The fourth-order valence-electron chi connectivity index (χ4n) is 0.957. The van der Waals surface area contributed by atoms with E-state index in [1.807, 2.05) is 38.1 Å². The molecule has 0 spiro atoms. The van der Waals surface area contributed by atoms with Crippen LogP contribution in [-0.4, -0.2) is 0 Å². The van der Waals surface area contributed by atoms with E-state index in [1.165, 1.54) is 5.56 Å². The van der Waals surface area contributed by atoms with E-state index in [-0.39, 0.29) is 0 Å². The minimum Gasteiger partial charge on any atom is -0.347 e. The summed E-state index contributed by atoms with van der Waals surface area (Å²) in [6.45, 7) is 3.87. The van der Waals surface area contributed by atoms with Crippen LogP contribution in [0.2, 0.25) is 0 Å². The number of hydrogen-bond donors (Lipinski definition) is 1. The fourth-order valence-corrected chi connectivity index (χ4v) is 0.957. The number of anilines is 1. The van der Waals surface area contributed by atoms with Crippen LogP contribution in [0, 0.1) is 18.3 Å². The lowest BCUT2D eigenvalue weighted by molar-refractivity contribution is 1.39. The lowest BCUT2D eigenvalue weighted by Gasteiger charge is -2.03. The molecule has 0 heterocycles. The van der Waals surface area contributed by atoms with Crippen LogP contribution in [-0.2, 0) is 0 Å². The Bertz CT molecular complexity index is 341.